The van der Waals surface area contributed by atoms with Crippen molar-refractivity contribution in [2.24, 2.45) is 0 Å². The molecule has 1 unspecified atom stereocenters. The standard InChI is InChI=1S/C16H23N3O2/c1-3-13-16(20)19(4-2)15-12(6-5-7-14(15)21-13)18-10-8-17-9-11-18/h5-7,13,17H,3-4,8-11H2,1-2H3. The normalized spacial score (nSPS) is 22.0. The third-order valence-corrected chi connectivity index (χ3v) is 4.20. The first-order valence-corrected chi connectivity index (χ1v) is 7.83. The van der Waals surface area contributed by atoms with Crippen molar-refractivity contribution >= 4 is 17.3 Å². The number of carbonyl (C=O) groups excluding carboxylic acids is 1. The van der Waals surface area contributed by atoms with Gasteiger partial charge in [0.1, 0.15) is 11.4 Å². The van der Waals surface area contributed by atoms with Crippen LogP contribution in [0.25, 0.3) is 0 Å². The van der Waals surface area contributed by atoms with Gasteiger partial charge in [-0.3, -0.25) is 4.79 Å². The molecule has 21 heavy (non-hydrogen) atoms. The van der Waals surface area contributed by atoms with Crippen molar-refractivity contribution in [1.29, 1.82) is 0 Å². The second kappa shape index (κ2) is 5.93. The Balaban J connectivity index is 2.03. The average Bonchev–Trinajstić information content (AvgIpc) is 2.54. The summed E-state index contributed by atoms with van der Waals surface area (Å²) in [5.41, 5.74) is 2.05. The molecule has 1 aromatic carbocycles. The van der Waals surface area contributed by atoms with Crippen LogP contribution in [0.4, 0.5) is 11.4 Å². The van der Waals surface area contributed by atoms with Crippen LogP contribution in [0, 0.1) is 0 Å². The fourth-order valence-corrected chi connectivity index (χ4v) is 3.10. The van der Waals surface area contributed by atoms with Crippen LogP contribution in [0.5, 0.6) is 5.75 Å². The lowest BCUT2D eigenvalue weighted by molar-refractivity contribution is -0.126. The highest BCUT2D eigenvalue weighted by molar-refractivity contribution is 6.03. The summed E-state index contributed by atoms with van der Waals surface area (Å²) in [5, 5.41) is 3.36. The van der Waals surface area contributed by atoms with Crippen molar-refractivity contribution in [3.05, 3.63) is 18.2 Å². The van der Waals surface area contributed by atoms with Crippen LogP contribution in [-0.2, 0) is 4.79 Å². The number of likely N-dealkylation sites (N-methyl/N-ethyl adjacent to an activating group) is 1. The summed E-state index contributed by atoms with van der Waals surface area (Å²) in [6.45, 7) is 8.55. The van der Waals surface area contributed by atoms with Gasteiger partial charge in [0.2, 0.25) is 0 Å². The quantitative estimate of drug-likeness (QED) is 0.918. The number of rotatable bonds is 3. The van der Waals surface area contributed by atoms with Crippen molar-refractivity contribution in [2.75, 3.05) is 42.5 Å². The maximum atomic E-state index is 12.6. The molecule has 1 atom stereocenters. The van der Waals surface area contributed by atoms with E-state index in [1.54, 1.807) is 0 Å². The summed E-state index contributed by atoms with van der Waals surface area (Å²) >= 11 is 0. The van der Waals surface area contributed by atoms with Gasteiger partial charge in [-0.2, -0.15) is 0 Å². The maximum Gasteiger partial charge on any atom is 0.268 e. The number of nitrogens with one attached hydrogen (secondary N) is 1. The smallest absolute Gasteiger partial charge is 0.268 e. The van der Waals surface area contributed by atoms with E-state index < -0.39 is 0 Å². The molecule has 1 N–H and O–H groups in total. The van der Waals surface area contributed by atoms with Gasteiger partial charge in [-0.05, 0) is 25.5 Å². The fourth-order valence-electron chi connectivity index (χ4n) is 3.10. The lowest BCUT2D eigenvalue weighted by Crippen LogP contribution is -2.48. The van der Waals surface area contributed by atoms with E-state index in [0.29, 0.717) is 13.0 Å². The van der Waals surface area contributed by atoms with Gasteiger partial charge < -0.3 is 19.9 Å². The van der Waals surface area contributed by atoms with E-state index in [1.165, 1.54) is 0 Å². The summed E-state index contributed by atoms with van der Waals surface area (Å²) in [5.74, 6) is 0.911. The van der Waals surface area contributed by atoms with Crippen LogP contribution in [0.2, 0.25) is 0 Å². The molecule has 1 saturated heterocycles. The van der Waals surface area contributed by atoms with Gasteiger partial charge >= 0.3 is 0 Å². The number of nitrogens with zero attached hydrogens (tertiary/aromatic N) is 2. The minimum absolute atomic E-state index is 0.0788. The number of anilines is 2. The van der Waals surface area contributed by atoms with Gasteiger partial charge in [-0.25, -0.2) is 0 Å². The molecule has 1 aromatic rings. The fraction of sp³-hybridized carbons (Fsp3) is 0.562. The topological polar surface area (TPSA) is 44.8 Å². The third-order valence-electron chi connectivity index (χ3n) is 4.20. The van der Waals surface area contributed by atoms with Gasteiger partial charge in [0.15, 0.2) is 6.10 Å². The Kier molecular flexibility index (Phi) is 4.01. The predicted octanol–water partition coefficient (Wildman–Crippen LogP) is 1.62. The Morgan fingerprint density at radius 2 is 2.05 bits per heavy atom. The Hall–Kier alpha value is -1.75. The molecule has 2 aliphatic rings. The molecule has 2 aliphatic heterocycles. The van der Waals surface area contributed by atoms with Crippen molar-refractivity contribution < 1.29 is 9.53 Å². The molecule has 1 amide bonds. The lowest BCUT2D eigenvalue weighted by Gasteiger charge is -2.38. The zero-order valence-electron chi connectivity index (χ0n) is 12.8. The summed E-state index contributed by atoms with van der Waals surface area (Å²) in [6, 6.07) is 6.08. The molecule has 5 heteroatoms. The molecule has 3 rings (SSSR count). The summed E-state index contributed by atoms with van der Waals surface area (Å²) < 4.78 is 5.92. The molecule has 0 radical (unpaired) electrons. The maximum absolute atomic E-state index is 12.6. The summed E-state index contributed by atoms with van der Waals surface area (Å²) in [4.78, 5) is 16.8. The zero-order valence-corrected chi connectivity index (χ0v) is 12.8. The van der Waals surface area contributed by atoms with E-state index in [-0.39, 0.29) is 12.0 Å². The van der Waals surface area contributed by atoms with Crippen LogP contribution in [0.1, 0.15) is 20.3 Å². The highest BCUT2D eigenvalue weighted by atomic mass is 16.5. The lowest BCUT2D eigenvalue weighted by atomic mass is 10.1. The number of carbonyl (C=O) groups is 1. The van der Waals surface area contributed by atoms with Crippen molar-refractivity contribution in [2.45, 2.75) is 26.4 Å². The molecule has 0 saturated carbocycles. The molecular weight excluding hydrogens is 266 g/mol. The molecule has 114 valence electrons. The van der Waals surface area contributed by atoms with Gasteiger partial charge in [-0.1, -0.05) is 13.0 Å². The first-order chi connectivity index (χ1) is 10.3. The molecular formula is C16H23N3O2. The first-order valence-electron chi connectivity index (χ1n) is 7.83. The summed E-state index contributed by atoms with van der Waals surface area (Å²) in [7, 11) is 0. The molecule has 5 nitrogen and oxygen atoms in total. The van der Waals surface area contributed by atoms with Gasteiger partial charge in [0.25, 0.3) is 5.91 Å². The number of hydrogen-bond acceptors (Lipinski definition) is 4. The SMILES string of the molecule is CCC1Oc2cccc(N3CCNCC3)c2N(CC)C1=O. The monoisotopic (exact) mass is 289 g/mol. The Bertz CT molecular complexity index is 526. The van der Waals surface area contributed by atoms with Gasteiger partial charge in [0.05, 0.1) is 5.69 Å². The van der Waals surface area contributed by atoms with Gasteiger partial charge in [0, 0.05) is 32.7 Å². The largest absolute Gasteiger partial charge is 0.478 e. The van der Waals surface area contributed by atoms with Crippen LogP contribution in [-0.4, -0.2) is 44.7 Å². The second-order valence-corrected chi connectivity index (χ2v) is 5.46. The Morgan fingerprint density at radius 1 is 1.29 bits per heavy atom. The Morgan fingerprint density at radius 3 is 2.71 bits per heavy atom. The van der Waals surface area contributed by atoms with E-state index in [1.807, 2.05) is 30.9 Å². The number of hydrogen-bond donors (Lipinski definition) is 1. The second-order valence-electron chi connectivity index (χ2n) is 5.46. The first kappa shape index (κ1) is 14.2. The molecule has 0 spiro atoms. The van der Waals surface area contributed by atoms with Crippen LogP contribution in [0.3, 0.4) is 0 Å². The predicted molar refractivity (Wildman–Crippen MR) is 84.3 cm³/mol. The molecule has 2 heterocycles. The molecule has 0 bridgehead atoms. The number of fused-ring (bicyclic) bond motifs is 1. The highest BCUT2D eigenvalue weighted by Gasteiger charge is 2.35. The minimum atomic E-state index is -0.351. The number of para-hydroxylation sites is 1. The van der Waals surface area contributed by atoms with E-state index in [0.717, 1.165) is 43.3 Å². The highest BCUT2D eigenvalue weighted by Crippen LogP contribution is 2.42. The third kappa shape index (κ3) is 2.46. The molecule has 1 fully saturated rings. The van der Waals surface area contributed by atoms with Gasteiger partial charge in [-0.15, -0.1) is 0 Å². The van der Waals surface area contributed by atoms with E-state index in [2.05, 4.69) is 16.3 Å². The zero-order chi connectivity index (χ0) is 14.8. The van der Waals surface area contributed by atoms with Crippen molar-refractivity contribution in [3.63, 3.8) is 0 Å². The molecule has 0 aliphatic carbocycles. The minimum Gasteiger partial charge on any atom is -0.478 e. The van der Waals surface area contributed by atoms with E-state index in [9.17, 15) is 4.79 Å². The Labute approximate surface area is 125 Å². The van der Waals surface area contributed by atoms with E-state index >= 15 is 0 Å². The number of ether oxygens (including phenoxy) is 1. The van der Waals surface area contributed by atoms with Crippen LogP contribution < -0.4 is 19.9 Å². The summed E-state index contributed by atoms with van der Waals surface area (Å²) in [6.07, 6.45) is 0.350. The average molecular weight is 289 g/mol. The number of benzene rings is 1. The van der Waals surface area contributed by atoms with E-state index in [4.69, 9.17) is 4.74 Å². The van der Waals surface area contributed by atoms with Crippen molar-refractivity contribution in [1.82, 2.24) is 5.32 Å². The van der Waals surface area contributed by atoms with Crippen LogP contribution >= 0.6 is 0 Å². The van der Waals surface area contributed by atoms with Crippen molar-refractivity contribution in [3.8, 4) is 5.75 Å². The van der Waals surface area contributed by atoms with Crippen LogP contribution in [0.15, 0.2) is 18.2 Å². The molecule has 0 aromatic heterocycles. The number of amides is 1. The number of piperazine rings is 1.